The van der Waals surface area contributed by atoms with Crippen molar-refractivity contribution < 1.29 is 9.53 Å². The zero-order chi connectivity index (χ0) is 13.1. The largest absolute Gasteiger partial charge is 0.493 e. The van der Waals surface area contributed by atoms with Gasteiger partial charge in [-0.3, -0.25) is 4.79 Å². The van der Waals surface area contributed by atoms with Crippen LogP contribution in [-0.4, -0.2) is 25.6 Å². The van der Waals surface area contributed by atoms with E-state index in [9.17, 15) is 4.79 Å². The number of aryl methyl sites for hydroxylation is 1. The topological polar surface area (TPSA) is 50.4 Å². The van der Waals surface area contributed by atoms with Gasteiger partial charge in [0.25, 0.3) is 0 Å². The highest BCUT2D eigenvalue weighted by Crippen LogP contribution is 2.25. The number of rotatable bonds is 3. The Labute approximate surface area is 113 Å². The van der Waals surface area contributed by atoms with E-state index in [-0.39, 0.29) is 11.8 Å². The molecule has 0 spiro atoms. The first-order valence-electron chi connectivity index (χ1n) is 7.06. The molecule has 1 fully saturated rings. The van der Waals surface area contributed by atoms with Crippen LogP contribution in [0.3, 0.4) is 0 Å². The van der Waals surface area contributed by atoms with Gasteiger partial charge in [0.15, 0.2) is 0 Å². The number of hydrogen-bond donors (Lipinski definition) is 2. The molecule has 1 saturated heterocycles. The normalized spacial score (nSPS) is 21.6. The van der Waals surface area contributed by atoms with Crippen molar-refractivity contribution in [2.75, 3.05) is 19.7 Å². The molecule has 2 aliphatic heterocycles. The fourth-order valence-electron chi connectivity index (χ4n) is 2.74. The second-order valence-electron chi connectivity index (χ2n) is 5.30. The molecule has 2 N–H and O–H groups in total. The number of carbonyl (C=O) groups excluding carboxylic acids is 1. The maximum atomic E-state index is 11.9. The van der Waals surface area contributed by atoms with Gasteiger partial charge in [-0.15, -0.1) is 0 Å². The van der Waals surface area contributed by atoms with Gasteiger partial charge in [-0.2, -0.15) is 0 Å². The number of carbonyl (C=O) groups is 1. The summed E-state index contributed by atoms with van der Waals surface area (Å²) in [6.07, 6.45) is 3.10. The van der Waals surface area contributed by atoms with Crippen molar-refractivity contribution in [1.82, 2.24) is 10.6 Å². The predicted molar refractivity (Wildman–Crippen MR) is 73.1 cm³/mol. The molecule has 3 rings (SSSR count). The summed E-state index contributed by atoms with van der Waals surface area (Å²) in [5, 5.41) is 6.24. The van der Waals surface area contributed by atoms with E-state index in [1.54, 1.807) is 0 Å². The highest BCUT2D eigenvalue weighted by Gasteiger charge is 2.21. The SMILES string of the molecule is O=C(NCc1ccc2c(c1)CCCO2)C1CCNC1. The maximum Gasteiger partial charge on any atom is 0.224 e. The van der Waals surface area contributed by atoms with Crippen LogP contribution in [0.2, 0.25) is 0 Å². The molecule has 0 bridgehead atoms. The molecule has 1 unspecified atom stereocenters. The lowest BCUT2D eigenvalue weighted by Gasteiger charge is -2.18. The van der Waals surface area contributed by atoms with E-state index < -0.39 is 0 Å². The third kappa shape index (κ3) is 2.89. The fraction of sp³-hybridized carbons (Fsp3) is 0.533. The Morgan fingerprint density at radius 3 is 3.26 bits per heavy atom. The number of benzene rings is 1. The van der Waals surface area contributed by atoms with Crippen molar-refractivity contribution in [1.29, 1.82) is 0 Å². The van der Waals surface area contributed by atoms with Gasteiger partial charge in [0.1, 0.15) is 5.75 Å². The molecule has 0 radical (unpaired) electrons. The summed E-state index contributed by atoms with van der Waals surface area (Å²) in [4.78, 5) is 11.9. The Morgan fingerprint density at radius 1 is 1.47 bits per heavy atom. The summed E-state index contributed by atoms with van der Waals surface area (Å²) < 4.78 is 5.59. The van der Waals surface area contributed by atoms with E-state index in [4.69, 9.17) is 4.74 Å². The van der Waals surface area contributed by atoms with Crippen LogP contribution in [0.25, 0.3) is 0 Å². The quantitative estimate of drug-likeness (QED) is 0.859. The molecular formula is C15H20N2O2. The van der Waals surface area contributed by atoms with Crippen molar-refractivity contribution in [3.63, 3.8) is 0 Å². The Kier molecular flexibility index (Phi) is 3.69. The van der Waals surface area contributed by atoms with Gasteiger partial charge in [-0.1, -0.05) is 12.1 Å². The van der Waals surface area contributed by atoms with E-state index in [1.807, 2.05) is 12.1 Å². The van der Waals surface area contributed by atoms with Crippen molar-refractivity contribution in [3.8, 4) is 5.75 Å². The van der Waals surface area contributed by atoms with Gasteiger partial charge in [-0.05, 0) is 43.0 Å². The minimum Gasteiger partial charge on any atom is -0.493 e. The summed E-state index contributed by atoms with van der Waals surface area (Å²) in [5.41, 5.74) is 2.42. The Hall–Kier alpha value is -1.55. The van der Waals surface area contributed by atoms with Crippen LogP contribution in [-0.2, 0) is 17.8 Å². The van der Waals surface area contributed by atoms with Crippen LogP contribution in [0.5, 0.6) is 5.75 Å². The number of hydrogen-bond acceptors (Lipinski definition) is 3. The summed E-state index contributed by atoms with van der Waals surface area (Å²) in [6.45, 7) is 3.19. The molecular weight excluding hydrogens is 240 g/mol. The zero-order valence-electron chi connectivity index (χ0n) is 11.1. The molecule has 1 amide bonds. The van der Waals surface area contributed by atoms with Crippen molar-refractivity contribution in [2.45, 2.75) is 25.8 Å². The molecule has 0 saturated carbocycles. The van der Waals surface area contributed by atoms with Crippen LogP contribution in [0, 0.1) is 5.92 Å². The van der Waals surface area contributed by atoms with Gasteiger partial charge in [0.2, 0.25) is 5.91 Å². The summed E-state index contributed by atoms with van der Waals surface area (Å²) >= 11 is 0. The molecule has 1 aromatic rings. The molecule has 0 aromatic heterocycles. The smallest absolute Gasteiger partial charge is 0.224 e. The lowest BCUT2D eigenvalue weighted by Crippen LogP contribution is -2.31. The first-order valence-corrected chi connectivity index (χ1v) is 7.06. The second-order valence-corrected chi connectivity index (χ2v) is 5.30. The zero-order valence-corrected chi connectivity index (χ0v) is 11.1. The monoisotopic (exact) mass is 260 g/mol. The average molecular weight is 260 g/mol. The third-order valence-electron chi connectivity index (χ3n) is 3.87. The molecule has 1 atom stereocenters. The molecule has 1 aromatic carbocycles. The molecule has 2 heterocycles. The van der Waals surface area contributed by atoms with E-state index >= 15 is 0 Å². The molecule has 4 nitrogen and oxygen atoms in total. The maximum absolute atomic E-state index is 11.9. The van der Waals surface area contributed by atoms with E-state index in [1.165, 1.54) is 5.56 Å². The highest BCUT2D eigenvalue weighted by atomic mass is 16.5. The first-order chi connectivity index (χ1) is 9.33. The summed E-state index contributed by atoms with van der Waals surface area (Å²) in [7, 11) is 0. The molecule has 4 heteroatoms. The molecule has 102 valence electrons. The van der Waals surface area contributed by atoms with Crippen LogP contribution >= 0.6 is 0 Å². The number of fused-ring (bicyclic) bond motifs is 1. The molecule has 0 aliphatic carbocycles. The Morgan fingerprint density at radius 2 is 2.42 bits per heavy atom. The molecule has 2 aliphatic rings. The number of nitrogens with one attached hydrogen (secondary N) is 2. The fourth-order valence-corrected chi connectivity index (χ4v) is 2.74. The van der Waals surface area contributed by atoms with Gasteiger partial charge < -0.3 is 15.4 Å². The minimum absolute atomic E-state index is 0.140. The third-order valence-corrected chi connectivity index (χ3v) is 3.87. The van der Waals surface area contributed by atoms with E-state index in [2.05, 4.69) is 16.7 Å². The van der Waals surface area contributed by atoms with Gasteiger partial charge in [0, 0.05) is 13.1 Å². The van der Waals surface area contributed by atoms with Gasteiger partial charge in [0.05, 0.1) is 12.5 Å². The van der Waals surface area contributed by atoms with Gasteiger partial charge >= 0.3 is 0 Å². The lowest BCUT2D eigenvalue weighted by atomic mass is 10.0. The van der Waals surface area contributed by atoms with Crippen LogP contribution in [0.1, 0.15) is 24.0 Å². The van der Waals surface area contributed by atoms with Crippen molar-refractivity contribution in [3.05, 3.63) is 29.3 Å². The van der Waals surface area contributed by atoms with Crippen LogP contribution in [0.15, 0.2) is 18.2 Å². The van der Waals surface area contributed by atoms with Crippen LogP contribution < -0.4 is 15.4 Å². The van der Waals surface area contributed by atoms with Crippen LogP contribution in [0.4, 0.5) is 0 Å². The standard InChI is InChI=1S/C15H20N2O2/c18-15(13-5-6-16-10-13)17-9-11-3-4-14-12(8-11)2-1-7-19-14/h3-4,8,13,16H,1-2,5-7,9-10H2,(H,17,18). The number of ether oxygens (including phenoxy) is 1. The van der Waals surface area contributed by atoms with E-state index in [0.717, 1.165) is 50.3 Å². The van der Waals surface area contributed by atoms with E-state index in [0.29, 0.717) is 6.54 Å². The van der Waals surface area contributed by atoms with Crippen molar-refractivity contribution >= 4 is 5.91 Å². The Balaban J connectivity index is 1.59. The second kappa shape index (κ2) is 5.61. The van der Waals surface area contributed by atoms with Crippen molar-refractivity contribution in [2.24, 2.45) is 5.92 Å². The Bertz CT molecular complexity index is 467. The highest BCUT2D eigenvalue weighted by molar-refractivity contribution is 5.79. The number of amides is 1. The summed E-state index contributed by atoms with van der Waals surface area (Å²) in [6, 6.07) is 6.21. The lowest BCUT2D eigenvalue weighted by molar-refractivity contribution is -0.124. The first kappa shape index (κ1) is 12.5. The predicted octanol–water partition coefficient (Wildman–Crippen LogP) is 1.24. The minimum atomic E-state index is 0.140. The molecule has 19 heavy (non-hydrogen) atoms. The average Bonchev–Trinajstić information content (AvgIpc) is 2.99. The van der Waals surface area contributed by atoms with Gasteiger partial charge in [-0.25, -0.2) is 0 Å². The summed E-state index contributed by atoms with van der Waals surface area (Å²) in [5.74, 6) is 1.31.